The second-order valence-electron chi connectivity index (χ2n) is 6.27. The van der Waals surface area contributed by atoms with E-state index in [4.69, 9.17) is 5.73 Å². The van der Waals surface area contributed by atoms with E-state index < -0.39 is 0 Å². The Bertz CT molecular complexity index is 751. The largest absolute Gasteiger partial charge is 0.348 e. The van der Waals surface area contributed by atoms with Gasteiger partial charge in [-0.3, -0.25) is 14.5 Å². The molecule has 7 nitrogen and oxygen atoms in total. The Morgan fingerprint density at radius 3 is 2.46 bits per heavy atom. The van der Waals surface area contributed by atoms with Crippen LogP contribution in [0, 0.1) is 0 Å². The minimum absolute atomic E-state index is 0. The van der Waals surface area contributed by atoms with Gasteiger partial charge in [0, 0.05) is 36.7 Å². The fraction of sp³-hybridized carbons (Fsp3) is 0.389. The molecule has 1 aromatic carbocycles. The molecule has 0 saturated carbocycles. The number of carbonyl (C=O) groups is 2. The molecule has 1 fully saturated rings. The van der Waals surface area contributed by atoms with Crippen LogP contribution < -0.4 is 16.4 Å². The average molecular weight is 446 g/mol. The molecule has 28 heavy (non-hydrogen) atoms. The van der Waals surface area contributed by atoms with Crippen molar-refractivity contribution in [3.8, 4) is 0 Å². The number of para-hydroxylation sites is 1. The number of nitrogens with one attached hydrogen (secondary N) is 2. The summed E-state index contributed by atoms with van der Waals surface area (Å²) >= 11 is 1.40. The van der Waals surface area contributed by atoms with Gasteiger partial charge in [0.05, 0.1) is 6.54 Å². The Hall–Kier alpha value is -1.71. The van der Waals surface area contributed by atoms with Crippen molar-refractivity contribution in [2.24, 2.45) is 5.73 Å². The van der Waals surface area contributed by atoms with Gasteiger partial charge in [0.25, 0.3) is 5.91 Å². The normalized spacial score (nSPS) is 14.5. The van der Waals surface area contributed by atoms with Crippen LogP contribution in [0.3, 0.4) is 0 Å². The van der Waals surface area contributed by atoms with Crippen molar-refractivity contribution in [3.63, 3.8) is 0 Å². The van der Waals surface area contributed by atoms with Gasteiger partial charge in [0.2, 0.25) is 5.91 Å². The second-order valence-corrected chi connectivity index (χ2v) is 7.21. The maximum Gasteiger partial charge on any atom is 0.270 e. The summed E-state index contributed by atoms with van der Waals surface area (Å²) in [6.07, 6.45) is 1.64. The Morgan fingerprint density at radius 2 is 1.86 bits per heavy atom. The number of carbonyl (C=O) groups excluding carboxylic acids is 2. The molecule has 2 heterocycles. The van der Waals surface area contributed by atoms with Crippen LogP contribution in [-0.4, -0.2) is 47.4 Å². The number of hydrogen-bond acceptors (Lipinski definition) is 6. The summed E-state index contributed by atoms with van der Waals surface area (Å²) in [6.45, 7) is 2.26. The van der Waals surface area contributed by atoms with E-state index in [0.29, 0.717) is 18.8 Å². The maximum atomic E-state index is 12.2. The van der Waals surface area contributed by atoms with E-state index in [9.17, 15) is 9.59 Å². The molecule has 0 radical (unpaired) electrons. The van der Waals surface area contributed by atoms with Gasteiger partial charge in [0.15, 0.2) is 0 Å². The van der Waals surface area contributed by atoms with Crippen LogP contribution in [0.5, 0.6) is 0 Å². The fourth-order valence-electron chi connectivity index (χ4n) is 2.93. The van der Waals surface area contributed by atoms with Crippen molar-refractivity contribution in [1.29, 1.82) is 0 Å². The van der Waals surface area contributed by atoms with Crippen molar-refractivity contribution in [3.05, 3.63) is 46.4 Å². The minimum Gasteiger partial charge on any atom is -0.348 e. The number of amides is 2. The first-order valence-corrected chi connectivity index (χ1v) is 9.54. The molecule has 2 aromatic rings. The lowest BCUT2D eigenvalue weighted by Crippen LogP contribution is -2.46. The number of anilines is 1. The number of benzene rings is 1. The molecule has 3 rings (SSSR count). The molecule has 0 bridgehead atoms. The van der Waals surface area contributed by atoms with Crippen LogP contribution in [0.25, 0.3) is 0 Å². The van der Waals surface area contributed by atoms with Crippen LogP contribution >= 0.6 is 36.2 Å². The molecule has 1 saturated heterocycles. The number of thiazole rings is 1. The standard InChI is InChI=1S/C18H23N5O2S.2ClH/c19-10-17-22-15(12-26-17)18(25)21-14-6-8-23(9-7-14)11-16(24)20-13-4-2-1-3-5-13;;/h1-5,12,14H,6-11,19H2,(H,20,24)(H,21,25);2*1H. The van der Waals surface area contributed by atoms with E-state index in [1.807, 2.05) is 30.3 Å². The van der Waals surface area contributed by atoms with Gasteiger partial charge in [0.1, 0.15) is 10.7 Å². The van der Waals surface area contributed by atoms with Gasteiger partial charge in [-0.25, -0.2) is 4.98 Å². The molecule has 0 spiro atoms. The van der Waals surface area contributed by atoms with Crippen LogP contribution in [0.2, 0.25) is 0 Å². The first-order chi connectivity index (χ1) is 12.6. The van der Waals surface area contributed by atoms with Crippen LogP contribution in [0.4, 0.5) is 5.69 Å². The maximum absolute atomic E-state index is 12.2. The van der Waals surface area contributed by atoms with Crippen LogP contribution in [0.15, 0.2) is 35.7 Å². The zero-order valence-electron chi connectivity index (χ0n) is 15.3. The van der Waals surface area contributed by atoms with E-state index in [0.717, 1.165) is 36.6 Å². The third-order valence-electron chi connectivity index (χ3n) is 4.31. The van der Waals surface area contributed by atoms with Crippen molar-refractivity contribution < 1.29 is 9.59 Å². The number of nitrogens with zero attached hydrogens (tertiary/aromatic N) is 2. The highest BCUT2D eigenvalue weighted by atomic mass is 35.5. The van der Waals surface area contributed by atoms with Gasteiger partial charge < -0.3 is 16.4 Å². The monoisotopic (exact) mass is 445 g/mol. The van der Waals surface area contributed by atoms with Crippen molar-refractivity contribution in [2.75, 3.05) is 25.0 Å². The summed E-state index contributed by atoms with van der Waals surface area (Å²) in [5, 5.41) is 8.41. The third kappa shape index (κ3) is 7.03. The van der Waals surface area contributed by atoms with E-state index in [-0.39, 0.29) is 42.7 Å². The third-order valence-corrected chi connectivity index (χ3v) is 5.18. The van der Waals surface area contributed by atoms with Gasteiger partial charge in [-0.1, -0.05) is 18.2 Å². The lowest BCUT2D eigenvalue weighted by molar-refractivity contribution is -0.117. The highest BCUT2D eigenvalue weighted by Gasteiger charge is 2.23. The van der Waals surface area contributed by atoms with Gasteiger partial charge >= 0.3 is 0 Å². The predicted octanol–water partition coefficient (Wildman–Crippen LogP) is 2.28. The quantitative estimate of drug-likeness (QED) is 0.632. The molecule has 0 aliphatic carbocycles. The Balaban J connectivity index is 0.00000196. The number of nitrogens with two attached hydrogens (primary N) is 1. The Labute approximate surface area is 180 Å². The van der Waals surface area contributed by atoms with Gasteiger partial charge in [-0.2, -0.15) is 0 Å². The molecule has 0 unspecified atom stereocenters. The fourth-order valence-corrected chi connectivity index (χ4v) is 3.58. The number of halogens is 2. The van der Waals surface area contributed by atoms with Gasteiger partial charge in [-0.05, 0) is 25.0 Å². The van der Waals surface area contributed by atoms with Crippen LogP contribution in [0.1, 0.15) is 28.3 Å². The molecule has 10 heteroatoms. The molecule has 0 atom stereocenters. The first kappa shape index (κ1) is 24.3. The van der Waals surface area contributed by atoms with Crippen molar-refractivity contribution in [1.82, 2.24) is 15.2 Å². The summed E-state index contributed by atoms with van der Waals surface area (Å²) in [6, 6.07) is 9.55. The SMILES string of the molecule is Cl.Cl.NCc1nc(C(=O)NC2CCN(CC(=O)Nc3ccccc3)CC2)cs1. The molecule has 2 amide bonds. The second kappa shape index (κ2) is 12.0. The zero-order chi connectivity index (χ0) is 18.4. The summed E-state index contributed by atoms with van der Waals surface area (Å²) in [5.74, 6) is -0.170. The minimum atomic E-state index is -0.152. The number of aromatic nitrogens is 1. The first-order valence-electron chi connectivity index (χ1n) is 8.66. The Kier molecular flexibility index (Phi) is 10.4. The van der Waals surface area contributed by atoms with Crippen molar-refractivity contribution >= 4 is 53.7 Å². The molecule has 4 N–H and O–H groups in total. The summed E-state index contributed by atoms with van der Waals surface area (Å²) < 4.78 is 0. The topological polar surface area (TPSA) is 100 Å². The number of rotatable bonds is 6. The molecule has 1 aliphatic heterocycles. The lowest BCUT2D eigenvalue weighted by atomic mass is 10.0. The highest BCUT2D eigenvalue weighted by molar-refractivity contribution is 7.09. The van der Waals surface area contributed by atoms with Crippen molar-refractivity contribution in [2.45, 2.75) is 25.4 Å². The van der Waals surface area contributed by atoms with Gasteiger partial charge in [-0.15, -0.1) is 36.2 Å². The molecule has 154 valence electrons. The van der Waals surface area contributed by atoms with E-state index in [1.165, 1.54) is 11.3 Å². The van der Waals surface area contributed by atoms with E-state index in [1.54, 1.807) is 5.38 Å². The lowest BCUT2D eigenvalue weighted by Gasteiger charge is -2.31. The molecular formula is C18H25Cl2N5O2S. The van der Waals surface area contributed by atoms with Crippen LogP contribution in [-0.2, 0) is 11.3 Å². The summed E-state index contributed by atoms with van der Waals surface area (Å²) in [4.78, 5) is 30.6. The Morgan fingerprint density at radius 1 is 1.18 bits per heavy atom. The summed E-state index contributed by atoms with van der Waals surface area (Å²) in [5.41, 5.74) is 6.77. The van der Waals surface area contributed by atoms with E-state index in [2.05, 4.69) is 20.5 Å². The predicted molar refractivity (Wildman–Crippen MR) is 117 cm³/mol. The zero-order valence-corrected chi connectivity index (χ0v) is 17.7. The smallest absolute Gasteiger partial charge is 0.270 e. The number of piperidine rings is 1. The summed E-state index contributed by atoms with van der Waals surface area (Å²) in [7, 11) is 0. The molecular weight excluding hydrogens is 421 g/mol. The number of hydrogen-bond donors (Lipinski definition) is 3. The molecule has 1 aromatic heterocycles. The number of likely N-dealkylation sites (tertiary alicyclic amines) is 1. The highest BCUT2D eigenvalue weighted by Crippen LogP contribution is 2.13. The van der Waals surface area contributed by atoms with E-state index >= 15 is 0 Å². The average Bonchev–Trinajstić information content (AvgIpc) is 3.13. The molecule has 1 aliphatic rings.